The number of nitrogens with one attached hydrogen (secondary N) is 1. The molecule has 1 amide bonds. The number of halogens is 1. The number of hydrogen-bond acceptors (Lipinski definition) is 3. The maximum absolute atomic E-state index is 13.6. The zero-order valence-electron chi connectivity index (χ0n) is 18.5. The summed E-state index contributed by atoms with van der Waals surface area (Å²) in [6.45, 7) is 4.58. The molecule has 0 saturated heterocycles. The molecular formula is C27H25FN2O3. The fourth-order valence-electron chi connectivity index (χ4n) is 3.82. The van der Waals surface area contributed by atoms with Gasteiger partial charge in [-0.3, -0.25) is 9.59 Å². The number of fused-ring (bicyclic) bond motifs is 1. The highest BCUT2D eigenvalue weighted by atomic mass is 19.1. The standard InChI is InChI=1S/C27H25FN2O3/c1-17(2)20-11-7-18(8-12-20)15-30(16-19-9-13-21(28)14-10-19)27(33)24-25(31)22-5-3-4-6-23(22)29-26(24)32/h3-14,17H,15-16H2,1-2H3,(H2,29,31,32). The number of carbonyl (C=O) groups is 1. The molecule has 0 saturated carbocycles. The van der Waals surface area contributed by atoms with Gasteiger partial charge in [0.15, 0.2) is 0 Å². The van der Waals surface area contributed by atoms with Crippen LogP contribution in [-0.4, -0.2) is 20.9 Å². The number of benzene rings is 3. The van der Waals surface area contributed by atoms with Gasteiger partial charge in [-0.2, -0.15) is 0 Å². The number of para-hydroxylation sites is 1. The molecule has 2 N–H and O–H groups in total. The Morgan fingerprint density at radius 2 is 1.52 bits per heavy atom. The maximum Gasteiger partial charge on any atom is 0.265 e. The Hall–Kier alpha value is -3.93. The van der Waals surface area contributed by atoms with Crippen molar-refractivity contribution in [3.8, 4) is 5.75 Å². The number of aromatic hydroxyl groups is 1. The first-order valence-corrected chi connectivity index (χ1v) is 10.8. The molecule has 0 atom stereocenters. The van der Waals surface area contributed by atoms with Gasteiger partial charge in [0.2, 0.25) is 0 Å². The summed E-state index contributed by atoms with van der Waals surface area (Å²) in [7, 11) is 0. The van der Waals surface area contributed by atoms with Crippen LogP contribution >= 0.6 is 0 Å². The van der Waals surface area contributed by atoms with Crippen molar-refractivity contribution in [3.63, 3.8) is 0 Å². The van der Waals surface area contributed by atoms with Crippen molar-refractivity contribution >= 4 is 16.8 Å². The van der Waals surface area contributed by atoms with Gasteiger partial charge in [0.25, 0.3) is 11.5 Å². The van der Waals surface area contributed by atoms with E-state index in [9.17, 15) is 19.1 Å². The lowest BCUT2D eigenvalue weighted by atomic mass is 10.0. The third-order valence-electron chi connectivity index (χ3n) is 5.70. The van der Waals surface area contributed by atoms with Gasteiger partial charge in [0.05, 0.1) is 5.52 Å². The molecule has 0 unspecified atom stereocenters. The van der Waals surface area contributed by atoms with Crippen LogP contribution in [-0.2, 0) is 13.1 Å². The SMILES string of the molecule is CC(C)c1ccc(CN(Cc2ccc(F)cc2)C(=O)c2c(O)c3ccccc3[nH]c2=O)cc1. The summed E-state index contributed by atoms with van der Waals surface area (Å²) in [5.41, 5.74) is 2.25. The fraction of sp³-hybridized carbons (Fsp3) is 0.185. The van der Waals surface area contributed by atoms with Gasteiger partial charge in [-0.15, -0.1) is 0 Å². The Kier molecular flexibility index (Phi) is 6.27. The third kappa shape index (κ3) is 4.80. The number of aromatic amines is 1. The topological polar surface area (TPSA) is 73.4 Å². The van der Waals surface area contributed by atoms with E-state index in [-0.39, 0.29) is 30.2 Å². The Balaban J connectivity index is 1.73. The molecule has 1 aromatic heterocycles. The van der Waals surface area contributed by atoms with E-state index in [0.29, 0.717) is 22.4 Å². The predicted molar refractivity (Wildman–Crippen MR) is 127 cm³/mol. The number of nitrogens with zero attached hydrogens (tertiary/aromatic N) is 1. The molecule has 0 bridgehead atoms. The smallest absolute Gasteiger partial charge is 0.265 e. The van der Waals surface area contributed by atoms with E-state index in [4.69, 9.17) is 0 Å². The Morgan fingerprint density at radius 3 is 2.12 bits per heavy atom. The van der Waals surface area contributed by atoms with Gasteiger partial charge < -0.3 is 15.0 Å². The first-order valence-electron chi connectivity index (χ1n) is 10.8. The van der Waals surface area contributed by atoms with E-state index in [1.807, 2.05) is 24.3 Å². The molecule has 4 aromatic rings. The molecule has 5 nitrogen and oxygen atoms in total. The highest BCUT2D eigenvalue weighted by molar-refractivity contribution is 6.02. The first kappa shape index (κ1) is 22.3. The minimum Gasteiger partial charge on any atom is -0.506 e. The van der Waals surface area contributed by atoms with Crippen LogP contribution < -0.4 is 5.56 Å². The molecule has 0 fully saturated rings. The number of rotatable bonds is 6. The Morgan fingerprint density at radius 1 is 0.939 bits per heavy atom. The number of amides is 1. The second kappa shape index (κ2) is 9.28. The number of H-pyrrole nitrogens is 1. The van der Waals surface area contributed by atoms with Crippen molar-refractivity contribution in [1.82, 2.24) is 9.88 Å². The largest absolute Gasteiger partial charge is 0.506 e. The summed E-state index contributed by atoms with van der Waals surface area (Å²) in [6.07, 6.45) is 0. The summed E-state index contributed by atoms with van der Waals surface area (Å²) in [4.78, 5) is 30.5. The summed E-state index contributed by atoms with van der Waals surface area (Å²) >= 11 is 0. The summed E-state index contributed by atoms with van der Waals surface area (Å²) in [5, 5.41) is 11.2. The molecule has 33 heavy (non-hydrogen) atoms. The molecule has 0 aliphatic carbocycles. The monoisotopic (exact) mass is 444 g/mol. The maximum atomic E-state index is 13.6. The normalized spacial score (nSPS) is 11.2. The molecule has 0 aliphatic heterocycles. The third-order valence-corrected chi connectivity index (χ3v) is 5.70. The van der Waals surface area contributed by atoms with Crippen molar-refractivity contribution in [1.29, 1.82) is 0 Å². The molecule has 6 heteroatoms. The number of carbonyl (C=O) groups excluding carboxylic acids is 1. The van der Waals surface area contributed by atoms with E-state index < -0.39 is 11.5 Å². The zero-order valence-corrected chi connectivity index (χ0v) is 18.5. The zero-order chi connectivity index (χ0) is 23.5. The van der Waals surface area contributed by atoms with Gasteiger partial charge in [0.1, 0.15) is 17.1 Å². The predicted octanol–water partition coefficient (Wildman–Crippen LogP) is 5.34. The molecule has 168 valence electrons. The van der Waals surface area contributed by atoms with Crippen molar-refractivity contribution < 1.29 is 14.3 Å². The van der Waals surface area contributed by atoms with Crippen molar-refractivity contribution in [2.45, 2.75) is 32.9 Å². The molecule has 4 rings (SSSR count). The van der Waals surface area contributed by atoms with E-state index in [2.05, 4.69) is 18.8 Å². The van der Waals surface area contributed by atoms with E-state index in [1.54, 1.807) is 36.4 Å². The van der Waals surface area contributed by atoms with E-state index in [1.165, 1.54) is 22.6 Å². The molecule has 0 radical (unpaired) electrons. The summed E-state index contributed by atoms with van der Waals surface area (Å²) in [5.74, 6) is -0.941. The average molecular weight is 445 g/mol. The minimum absolute atomic E-state index is 0.150. The van der Waals surface area contributed by atoms with Crippen LogP contribution in [0.4, 0.5) is 4.39 Å². The lowest BCUT2D eigenvalue weighted by molar-refractivity contribution is 0.0725. The highest BCUT2D eigenvalue weighted by Gasteiger charge is 2.25. The van der Waals surface area contributed by atoms with Crippen LogP contribution in [0.5, 0.6) is 5.75 Å². The van der Waals surface area contributed by atoms with E-state index in [0.717, 1.165) is 5.56 Å². The highest BCUT2D eigenvalue weighted by Crippen LogP contribution is 2.26. The Bertz CT molecular complexity index is 1340. The molecule has 0 aliphatic rings. The van der Waals surface area contributed by atoms with Crippen molar-refractivity contribution in [3.05, 3.63) is 111 Å². The van der Waals surface area contributed by atoms with Gasteiger partial charge in [-0.05, 0) is 46.9 Å². The van der Waals surface area contributed by atoms with Crippen molar-refractivity contribution in [2.75, 3.05) is 0 Å². The number of hydrogen-bond donors (Lipinski definition) is 2. The lowest BCUT2D eigenvalue weighted by Gasteiger charge is -2.24. The van der Waals surface area contributed by atoms with Gasteiger partial charge in [-0.1, -0.05) is 62.4 Å². The fourth-order valence-corrected chi connectivity index (χ4v) is 3.82. The lowest BCUT2D eigenvalue weighted by Crippen LogP contribution is -2.34. The van der Waals surface area contributed by atoms with Gasteiger partial charge in [0, 0.05) is 18.5 Å². The van der Waals surface area contributed by atoms with Crippen LogP contribution in [0.25, 0.3) is 10.9 Å². The molecule has 0 spiro atoms. The summed E-state index contributed by atoms with van der Waals surface area (Å²) < 4.78 is 13.4. The van der Waals surface area contributed by atoms with Crippen LogP contribution in [0, 0.1) is 5.82 Å². The van der Waals surface area contributed by atoms with Gasteiger partial charge >= 0.3 is 0 Å². The van der Waals surface area contributed by atoms with Crippen molar-refractivity contribution in [2.24, 2.45) is 0 Å². The van der Waals surface area contributed by atoms with Gasteiger partial charge in [-0.25, -0.2) is 4.39 Å². The molecular weight excluding hydrogens is 419 g/mol. The quantitative estimate of drug-likeness (QED) is 0.422. The molecule has 3 aromatic carbocycles. The Labute approximate surface area is 191 Å². The second-order valence-corrected chi connectivity index (χ2v) is 8.41. The second-order valence-electron chi connectivity index (χ2n) is 8.41. The van der Waals surface area contributed by atoms with Crippen LogP contribution in [0.15, 0.2) is 77.6 Å². The van der Waals surface area contributed by atoms with Crippen LogP contribution in [0.3, 0.4) is 0 Å². The first-order chi connectivity index (χ1) is 15.8. The van der Waals surface area contributed by atoms with Crippen LogP contribution in [0.2, 0.25) is 0 Å². The molecule has 1 heterocycles. The number of aromatic nitrogens is 1. The van der Waals surface area contributed by atoms with Crippen LogP contribution in [0.1, 0.15) is 46.8 Å². The minimum atomic E-state index is -0.657. The number of pyridine rings is 1. The average Bonchev–Trinajstić information content (AvgIpc) is 2.80. The van der Waals surface area contributed by atoms with E-state index >= 15 is 0 Å². The summed E-state index contributed by atoms with van der Waals surface area (Å²) in [6, 6.07) is 20.6.